The normalized spacial score (nSPS) is 36.1. The molecule has 0 radical (unpaired) electrons. The molecule has 0 unspecified atom stereocenters. The number of piperidine rings is 1. The molecule has 4 rings (SSSR count). The van der Waals surface area contributed by atoms with E-state index >= 15 is 0 Å². The Labute approximate surface area is 104 Å². The monoisotopic (exact) mass is 227 g/mol. The van der Waals surface area contributed by atoms with Crippen LogP contribution in [0, 0.1) is 5.92 Å². The molecule has 0 N–H and O–H groups in total. The molecule has 2 fully saturated rings. The smallest absolute Gasteiger partial charge is 0.0354 e. The van der Waals surface area contributed by atoms with Crippen molar-refractivity contribution in [3.63, 3.8) is 0 Å². The van der Waals surface area contributed by atoms with Gasteiger partial charge in [-0.1, -0.05) is 30.7 Å². The van der Waals surface area contributed by atoms with E-state index in [1.807, 2.05) is 0 Å². The summed E-state index contributed by atoms with van der Waals surface area (Å²) in [4.78, 5) is 2.85. The number of fused-ring (bicyclic) bond motifs is 5. The fourth-order valence-electron chi connectivity index (χ4n) is 4.55. The van der Waals surface area contributed by atoms with Crippen LogP contribution in [0.2, 0.25) is 0 Å². The quantitative estimate of drug-likeness (QED) is 0.655. The van der Waals surface area contributed by atoms with Crippen molar-refractivity contribution in [2.45, 2.75) is 50.6 Å². The lowest BCUT2D eigenvalue weighted by molar-refractivity contribution is 0.0472. The molecule has 0 bridgehead atoms. The molecule has 0 spiro atoms. The summed E-state index contributed by atoms with van der Waals surface area (Å²) in [5, 5.41) is 0. The molecule has 1 aliphatic carbocycles. The van der Waals surface area contributed by atoms with E-state index in [1.54, 1.807) is 11.1 Å². The Bertz CT molecular complexity index is 425. The summed E-state index contributed by atoms with van der Waals surface area (Å²) in [7, 11) is 0. The Morgan fingerprint density at radius 2 is 1.94 bits per heavy atom. The van der Waals surface area contributed by atoms with Crippen LogP contribution in [0.15, 0.2) is 24.3 Å². The van der Waals surface area contributed by atoms with Gasteiger partial charge in [-0.25, -0.2) is 0 Å². The molecule has 1 aromatic carbocycles. The van der Waals surface area contributed by atoms with Crippen molar-refractivity contribution in [3.05, 3.63) is 35.4 Å². The highest BCUT2D eigenvalue weighted by molar-refractivity contribution is 5.33. The molecule has 2 aliphatic heterocycles. The third-order valence-corrected chi connectivity index (χ3v) is 5.31. The van der Waals surface area contributed by atoms with Crippen molar-refractivity contribution < 1.29 is 0 Å². The van der Waals surface area contributed by atoms with Crippen molar-refractivity contribution in [2.24, 2.45) is 5.92 Å². The molecule has 1 saturated carbocycles. The minimum atomic E-state index is 0.749. The van der Waals surface area contributed by atoms with Gasteiger partial charge in [0.15, 0.2) is 0 Å². The van der Waals surface area contributed by atoms with E-state index in [0.29, 0.717) is 0 Å². The van der Waals surface area contributed by atoms with Crippen LogP contribution in [0.5, 0.6) is 0 Å². The fraction of sp³-hybridized carbons (Fsp3) is 0.625. The lowest BCUT2D eigenvalue weighted by atomic mass is 9.80. The maximum absolute atomic E-state index is 2.85. The van der Waals surface area contributed by atoms with E-state index in [4.69, 9.17) is 0 Å². The Balaban J connectivity index is 1.71. The van der Waals surface area contributed by atoms with Crippen molar-refractivity contribution in [1.82, 2.24) is 4.90 Å². The number of nitrogens with zero attached hydrogens (tertiary/aromatic N) is 1. The molecule has 17 heavy (non-hydrogen) atoms. The van der Waals surface area contributed by atoms with Gasteiger partial charge in [-0.15, -0.1) is 0 Å². The predicted molar refractivity (Wildman–Crippen MR) is 70.0 cm³/mol. The average Bonchev–Trinajstić information content (AvgIpc) is 2.86. The second kappa shape index (κ2) is 3.84. The summed E-state index contributed by atoms with van der Waals surface area (Å²) >= 11 is 0. The van der Waals surface area contributed by atoms with E-state index in [0.717, 1.165) is 18.0 Å². The van der Waals surface area contributed by atoms with Crippen LogP contribution < -0.4 is 0 Å². The second-order valence-electron chi connectivity index (χ2n) is 6.04. The maximum atomic E-state index is 2.85. The molecule has 90 valence electrons. The molecule has 3 aliphatic rings. The third-order valence-electron chi connectivity index (χ3n) is 5.31. The van der Waals surface area contributed by atoms with Crippen LogP contribution in [-0.2, 0) is 6.42 Å². The van der Waals surface area contributed by atoms with Crippen molar-refractivity contribution in [2.75, 3.05) is 6.54 Å². The van der Waals surface area contributed by atoms with Crippen LogP contribution in [0.4, 0.5) is 0 Å². The molecule has 3 atom stereocenters. The lowest BCUT2D eigenvalue weighted by Gasteiger charge is -2.47. The molecule has 1 nitrogen and oxygen atoms in total. The van der Waals surface area contributed by atoms with Gasteiger partial charge in [0.1, 0.15) is 0 Å². The highest BCUT2D eigenvalue weighted by Gasteiger charge is 2.41. The Morgan fingerprint density at radius 3 is 2.94 bits per heavy atom. The standard InChI is InChI=1S/C16H21N/c1-2-6-14-12(4-1)10-11-17-15-7-3-5-13(15)8-9-16(14)17/h1-2,4,6,13,15-16H,3,5,7-11H2/t13-,15+,16+/m0/s1. The van der Waals surface area contributed by atoms with Crippen LogP contribution in [0.1, 0.15) is 49.3 Å². The summed E-state index contributed by atoms with van der Waals surface area (Å²) in [5.74, 6) is 1.02. The number of hydrogen-bond donors (Lipinski definition) is 0. The first kappa shape index (κ1) is 10.1. The number of benzene rings is 1. The van der Waals surface area contributed by atoms with E-state index < -0.39 is 0 Å². The van der Waals surface area contributed by atoms with E-state index in [9.17, 15) is 0 Å². The Morgan fingerprint density at radius 1 is 1.00 bits per heavy atom. The van der Waals surface area contributed by atoms with E-state index in [-0.39, 0.29) is 0 Å². The maximum Gasteiger partial charge on any atom is 0.0354 e. The first-order chi connectivity index (χ1) is 8.43. The molecule has 1 heteroatoms. The van der Waals surface area contributed by atoms with Crippen molar-refractivity contribution in [3.8, 4) is 0 Å². The summed E-state index contributed by atoms with van der Waals surface area (Å²) in [6.45, 7) is 1.31. The highest BCUT2D eigenvalue weighted by Crippen LogP contribution is 2.46. The zero-order chi connectivity index (χ0) is 11.2. The lowest BCUT2D eigenvalue weighted by Crippen LogP contribution is -2.47. The predicted octanol–water partition coefficient (Wildman–Crippen LogP) is 3.55. The molecular weight excluding hydrogens is 206 g/mol. The highest BCUT2D eigenvalue weighted by atomic mass is 15.2. The van der Waals surface area contributed by atoms with Crippen molar-refractivity contribution in [1.29, 1.82) is 0 Å². The van der Waals surface area contributed by atoms with Gasteiger partial charge in [0.05, 0.1) is 0 Å². The summed E-state index contributed by atoms with van der Waals surface area (Å²) < 4.78 is 0. The Hall–Kier alpha value is -0.820. The average molecular weight is 227 g/mol. The van der Waals surface area contributed by atoms with E-state index in [2.05, 4.69) is 29.2 Å². The van der Waals surface area contributed by atoms with Crippen LogP contribution in [-0.4, -0.2) is 17.5 Å². The van der Waals surface area contributed by atoms with Gasteiger partial charge in [0, 0.05) is 18.6 Å². The summed E-state index contributed by atoms with van der Waals surface area (Å²) in [5.41, 5.74) is 3.26. The summed E-state index contributed by atoms with van der Waals surface area (Å²) in [6.07, 6.45) is 8.58. The van der Waals surface area contributed by atoms with E-state index in [1.165, 1.54) is 45.1 Å². The van der Waals surface area contributed by atoms with Gasteiger partial charge < -0.3 is 0 Å². The number of hydrogen-bond acceptors (Lipinski definition) is 1. The van der Waals surface area contributed by atoms with Gasteiger partial charge >= 0.3 is 0 Å². The second-order valence-corrected chi connectivity index (χ2v) is 6.04. The topological polar surface area (TPSA) is 3.24 Å². The molecule has 2 heterocycles. The SMILES string of the molecule is c1ccc2c(c1)CCN1[C@@H]2CC[C@@H]2CCC[C@H]21. The van der Waals surface area contributed by atoms with Gasteiger partial charge in [-0.2, -0.15) is 0 Å². The first-order valence-electron chi connectivity index (χ1n) is 7.27. The van der Waals surface area contributed by atoms with Crippen LogP contribution in [0.3, 0.4) is 0 Å². The fourth-order valence-corrected chi connectivity index (χ4v) is 4.55. The van der Waals surface area contributed by atoms with Gasteiger partial charge in [-0.3, -0.25) is 4.90 Å². The Kier molecular flexibility index (Phi) is 2.29. The first-order valence-corrected chi connectivity index (χ1v) is 7.27. The van der Waals surface area contributed by atoms with Crippen molar-refractivity contribution >= 4 is 0 Å². The zero-order valence-electron chi connectivity index (χ0n) is 10.4. The molecule has 0 aromatic heterocycles. The number of rotatable bonds is 0. The molecule has 1 saturated heterocycles. The van der Waals surface area contributed by atoms with Gasteiger partial charge in [-0.05, 0) is 49.1 Å². The molecule has 0 amide bonds. The molecular formula is C16H21N. The third kappa shape index (κ3) is 1.48. The zero-order valence-corrected chi connectivity index (χ0v) is 10.4. The van der Waals surface area contributed by atoms with Gasteiger partial charge in [0.25, 0.3) is 0 Å². The molecule has 1 aromatic rings. The van der Waals surface area contributed by atoms with Gasteiger partial charge in [0.2, 0.25) is 0 Å². The summed E-state index contributed by atoms with van der Waals surface area (Å²) in [6, 6.07) is 10.8. The van der Waals surface area contributed by atoms with Crippen LogP contribution >= 0.6 is 0 Å². The van der Waals surface area contributed by atoms with Crippen LogP contribution in [0.25, 0.3) is 0 Å². The minimum absolute atomic E-state index is 0.749. The minimum Gasteiger partial charge on any atom is -0.293 e. The largest absolute Gasteiger partial charge is 0.293 e.